The van der Waals surface area contributed by atoms with Crippen LogP contribution in [0.4, 0.5) is 0 Å². The van der Waals surface area contributed by atoms with Crippen molar-refractivity contribution in [3.63, 3.8) is 0 Å². The number of rotatable bonds is 5. The number of alkyl halides is 1. The quantitative estimate of drug-likeness (QED) is 0.782. The number of carbonyl (C=O) groups excluding carboxylic acids is 1. The first-order valence-electron chi connectivity index (χ1n) is 6.13. The van der Waals surface area contributed by atoms with Crippen LogP contribution in [0, 0.1) is 6.92 Å². The number of nitrogens with zero attached hydrogens (tertiary/aromatic N) is 2. The summed E-state index contributed by atoms with van der Waals surface area (Å²) >= 11 is 3.33. The lowest BCUT2D eigenvalue weighted by atomic mass is 10.1. The first-order chi connectivity index (χ1) is 8.69. The SMILES string of the molecule is Cc1cccc(OC2CN(C(=O)CCCBr)C2)n1. The van der Waals surface area contributed by atoms with E-state index in [-0.39, 0.29) is 12.0 Å². The molecule has 2 rings (SSSR count). The summed E-state index contributed by atoms with van der Waals surface area (Å²) in [4.78, 5) is 17.8. The van der Waals surface area contributed by atoms with Gasteiger partial charge < -0.3 is 9.64 Å². The molecule has 1 amide bonds. The number of aromatic nitrogens is 1. The summed E-state index contributed by atoms with van der Waals surface area (Å²) in [5.74, 6) is 0.860. The number of hydrogen-bond acceptors (Lipinski definition) is 3. The van der Waals surface area contributed by atoms with E-state index >= 15 is 0 Å². The Morgan fingerprint density at radius 3 is 3.00 bits per heavy atom. The van der Waals surface area contributed by atoms with E-state index < -0.39 is 0 Å². The molecule has 1 saturated heterocycles. The number of pyridine rings is 1. The first-order valence-corrected chi connectivity index (χ1v) is 7.25. The summed E-state index contributed by atoms with van der Waals surface area (Å²) in [7, 11) is 0. The van der Waals surface area contributed by atoms with Gasteiger partial charge in [0.25, 0.3) is 0 Å². The Kier molecular flexibility index (Phi) is 4.58. The van der Waals surface area contributed by atoms with Crippen molar-refractivity contribution in [3.05, 3.63) is 23.9 Å². The van der Waals surface area contributed by atoms with Gasteiger partial charge in [-0.15, -0.1) is 0 Å². The van der Waals surface area contributed by atoms with Crippen molar-refractivity contribution in [2.75, 3.05) is 18.4 Å². The van der Waals surface area contributed by atoms with Gasteiger partial charge in [-0.3, -0.25) is 4.79 Å². The van der Waals surface area contributed by atoms with E-state index in [1.54, 1.807) is 0 Å². The molecule has 1 aromatic heterocycles. The number of amides is 1. The van der Waals surface area contributed by atoms with Crippen LogP contribution in [0.25, 0.3) is 0 Å². The molecule has 0 aliphatic carbocycles. The molecule has 0 aromatic carbocycles. The normalized spacial score (nSPS) is 15.3. The topological polar surface area (TPSA) is 42.4 Å². The van der Waals surface area contributed by atoms with E-state index in [2.05, 4.69) is 20.9 Å². The van der Waals surface area contributed by atoms with Gasteiger partial charge in [-0.1, -0.05) is 22.0 Å². The summed E-state index contributed by atoms with van der Waals surface area (Å²) in [6, 6.07) is 5.71. The van der Waals surface area contributed by atoms with Gasteiger partial charge in [0.2, 0.25) is 11.8 Å². The Morgan fingerprint density at radius 2 is 2.33 bits per heavy atom. The highest BCUT2D eigenvalue weighted by atomic mass is 79.9. The predicted octanol–water partition coefficient (Wildman–Crippen LogP) is 2.15. The highest BCUT2D eigenvalue weighted by molar-refractivity contribution is 9.09. The maximum absolute atomic E-state index is 11.7. The second-order valence-electron chi connectivity index (χ2n) is 4.45. The molecule has 1 fully saturated rings. The Labute approximate surface area is 115 Å². The lowest BCUT2D eigenvalue weighted by Gasteiger charge is -2.38. The van der Waals surface area contributed by atoms with E-state index in [0.29, 0.717) is 25.4 Å². The number of carbonyl (C=O) groups is 1. The van der Waals surface area contributed by atoms with Crippen LogP contribution in [0.5, 0.6) is 5.88 Å². The minimum Gasteiger partial charge on any atom is -0.471 e. The molecule has 1 aliphatic rings. The second-order valence-corrected chi connectivity index (χ2v) is 5.24. The molecule has 5 heteroatoms. The third kappa shape index (κ3) is 3.45. The Balaban J connectivity index is 1.74. The van der Waals surface area contributed by atoms with Crippen LogP contribution in [0.2, 0.25) is 0 Å². The molecule has 0 saturated carbocycles. The van der Waals surface area contributed by atoms with E-state index in [1.165, 1.54) is 0 Å². The van der Waals surface area contributed by atoms with E-state index in [1.807, 2.05) is 30.0 Å². The van der Waals surface area contributed by atoms with Crippen LogP contribution in [-0.4, -0.2) is 40.3 Å². The maximum atomic E-state index is 11.7. The average molecular weight is 313 g/mol. The molecule has 4 nitrogen and oxygen atoms in total. The molecular weight excluding hydrogens is 296 g/mol. The van der Waals surface area contributed by atoms with Crippen molar-refractivity contribution in [3.8, 4) is 5.88 Å². The standard InChI is InChI=1S/C13H17BrN2O2/c1-10-4-2-5-12(15-10)18-11-8-16(9-11)13(17)6-3-7-14/h2,4-5,11H,3,6-9H2,1H3. The van der Waals surface area contributed by atoms with Crippen molar-refractivity contribution in [2.24, 2.45) is 0 Å². The van der Waals surface area contributed by atoms with E-state index in [0.717, 1.165) is 17.4 Å². The number of aryl methyl sites for hydroxylation is 1. The first kappa shape index (κ1) is 13.3. The average Bonchev–Trinajstić information content (AvgIpc) is 2.30. The number of likely N-dealkylation sites (tertiary alicyclic amines) is 1. The molecule has 0 atom stereocenters. The fourth-order valence-corrected chi connectivity index (χ4v) is 2.13. The molecule has 98 valence electrons. The lowest BCUT2D eigenvalue weighted by molar-refractivity contribution is -0.140. The predicted molar refractivity (Wildman–Crippen MR) is 73.0 cm³/mol. The molecule has 18 heavy (non-hydrogen) atoms. The zero-order valence-electron chi connectivity index (χ0n) is 10.4. The van der Waals surface area contributed by atoms with Gasteiger partial charge >= 0.3 is 0 Å². The summed E-state index contributed by atoms with van der Waals surface area (Å²) in [6.45, 7) is 3.29. The molecule has 2 heterocycles. The van der Waals surface area contributed by atoms with Crippen LogP contribution in [0.1, 0.15) is 18.5 Å². The Bertz CT molecular complexity index is 419. The monoisotopic (exact) mass is 312 g/mol. The zero-order chi connectivity index (χ0) is 13.0. The maximum Gasteiger partial charge on any atom is 0.222 e. The molecule has 1 aromatic rings. The lowest BCUT2D eigenvalue weighted by Crippen LogP contribution is -2.56. The molecule has 0 bridgehead atoms. The van der Waals surface area contributed by atoms with Crippen LogP contribution in [0.3, 0.4) is 0 Å². The molecular formula is C13H17BrN2O2. The molecule has 0 unspecified atom stereocenters. The number of halogens is 1. The molecule has 0 N–H and O–H groups in total. The van der Waals surface area contributed by atoms with Crippen molar-refractivity contribution in [1.29, 1.82) is 0 Å². The van der Waals surface area contributed by atoms with Crippen LogP contribution >= 0.6 is 15.9 Å². The van der Waals surface area contributed by atoms with Crippen molar-refractivity contribution < 1.29 is 9.53 Å². The van der Waals surface area contributed by atoms with Crippen molar-refractivity contribution in [1.82, 2.24) is 9.88 Å². The van der Waals surface area contributed by atoms with Crippen molar-refractivity contribution >= 4 is 21.8 Å². The minimum atomic E-state index is 0.0900. The summed E-state index contributed by atoms with van der Waals surface area (Å²) in [5, 5.41) is 0.875. The highest BCUT2D eigenvalue weighted by Gasteiger charge is 2.31. The minimum absolute atomic E-state index is 0.0900. The fraction of sp³-hybridized carbons (Fsp3) is 0.538. The van der Waals surface area contributed by atoms with Crippen LogP contribution in [-0.2, 0) is 4.79 Å². The second kappa shape index (κ2) is 6.18. The molecule has 1 aliphatic heterocycles. The van der Waals surface area contributed by atoms with Gasteiger partial charge in [0, 0.05) is 23.5 Å². The van der Waals surface area contributed by atoms with Gasteiger partial charge in [0.15, 0.2) is 0 Å². The summed E-state index contributed by atoms with van der Waals surface area (Å²) in [6.07, 6.45) is 1.59. The van der Waals surface area contributed by atoms with Crippen LogP contribution < -0.4 is 4.74 Å². The van der Waals surface area contributed by atoms with Crippen molar-refractivity contribution in [2.45, 2.75) is 25.9 Å². The van der Waals surface area contributed by atoms with Gasteiger partial charge in [-0.05, 0) is 19.4 Å². The third-order valence-corrected chi connectivity index (χ3v) is 3.44. The zero-order valence-corrected chi connectivity index (χ0v) is 12.0. The van der Waals surface area contributed by atoms with Gasteiger partial charge in [-0.25, -0.2) is 4.98 Å². The Hall–Kier alpha value is -1.10. The number of hydrogen-bond donors (Lipinski definition) is 0. The van der Waals surface area contributed by atoms with Crippen LogP contribution in [0.15, 0.2) is 18.2 Å². The summed E-state index contributed by atoms with van der Waals surface area (Å²) in [5.41, 5.74) is 0.942. The third-order valence-electron chi connectivity index (χ3n) is 2.88. The van der Waals surface area contributed by atoms with Gasteiger partial charge in [0.1, 0.15) is 6.10 Å². The fourth-order valence-electron chi connectivity index (χ4n) is 1.85. The Morgan fingerprint density at radius 1 is 1.56 bits per heavy atom. The smallest absolute Gasteiger partial charge is 0.222 e. The summed E-state index contributed by atoms with van der Waals surface area (Å²) < 4.78 is 5.70. The van der Waals surface area contributed by atoms with E-state index in [9.17, 15) is 4.79 Å². The highest BCUT2D eigenvalue weighted by Crippen LogP contribution is 2.17. The number of ether oxygens (including phenoxy) is 1. The van der Waals surface area contributed by atoms with Gasteiger partial charge in [-0.2, -0.15) is 0 Å². The van der Waals surface area contributed by atoms with Gasteiger partial charge in [0.05, 0.1) is 13.1 Å². The van der Waals surface area contributed by atoms with E-state index in [4.69, 9.17) is 4.74 Å². The molecule has 0 radical (unpaired) electrons. The molecule has 0 spiro atoms. The largest absolute Gasteiger partial charge is 0.471 e.